The summed E-state index contributed by atoms with van der Waals surface area (Å²) in [4.78, 5) is 5.21. The fourth-order valence-corrected chi connectivity index (χ4v) is 1.22. The second-order valence-corrected chi connectivity index (χ2v) is 4.22. The number of hydrogen-bond donors (Lipinski definition) is 2. The van der Waals surface area contributed by atoms with Gasteiger partial charge in [-0.3, -0.25) is 0 Å². The first kappa shape index (κ1) is 12.3. The van der Waals surface area contributed by atoms with E-state index in [4.69, 9.17) is 16.4 Å². The average molecular weight is 230 g/mol. The summed E-state index contributed by atoms with van der Waals surface area (Å²) in [6, 6.07) is 5.08. The van der Waals surface area contributed by atoms with E-state index < -0.39 is 0 Å². The van der Waals surface area contributed by atoms with Gasteiger partial charge in [0.15, 0.2) is 0 Å². The van der Waals surface area contributed by atoms with E-state index in [-0.39, 0.29) is 5.75 Å². The number of halogens is 1. The summed E-state index contributed by atoms with van der Waals surface area (Å²) in [5, 5.41) is 9.56. The van der Waals surface area contributed by atoms with Crippen LogP contribution in [0, 0.1) is 5.92 Å². The van der Waals surface area contributed by atoms with Crippen molar-refractivity contribution in [3.63, 3.8) is 0 Å². The lowest BCUT2D eigenvalue weighted by atomic mass is 10.2. The summed E-state index contributed by atoms with van der Waals surface area (Å²) < 4.78 is 0. The molecule has 0 spiro atoms. The van der Waals surface area contributed by atoms with Crippen LogP contribution in [0.1, 0.15) is 19.4 Å². The molecule has 84 valence electrons. The third-order valence-electron chi connectivity index (χ3n) is 1.81. The molecule has 0 atom stereocenters. The van der Waals surface area contributed by atoms with E-state index in [1.807, 2.05) is 0 Å². The molecule has 1 rings (SSSR count). The summed E-state index contributed by atoms with van der Waals surface area (Å²) in [6.45, 7) is 5.41. The van der Waals surface area contributed by atoms with E-state index in [0.717, 1.165) is 5.56 Å². The van der Waals surface area contributed by atoms with Crippen LogP contribution >= 0.6 is 11.6 Å². The first-order chi connectivity index (χ1) is 7.09. The van der Waals surface area contributed by atoms with Crippen molar-refractivity contribution in [2.45, 2.75) is 20.4 Å². The largest absolute Gasteiger partial charge is 0.506 e. The Morgan fingerprint density at radius 1 is 1.47 bits per heavy atom. The molecule has 0 radical (unpaired) electrons. The van der Waals surface area contributed by atoms with E-state index in [0.29, 0.717) is 24.1 Å². The van der Waals surface area contributed by atoms with Gasteiger partial charge in [0, 0.05) is 6.54 Å². The molecular weight excluding hydrogens is 214 g/mol. The number of hydrogen-bond acceptors (Lipinski definition) is 3. The third kappa shape index (κ3) is 4.51. The van der Waals surface area contributed by atoms with Crippen molar-refractivity contribution in [3.8, 4) is 5.75 Å². The van der Waals surface area contributed by atoms with Crippen LogP contribution in [0.15, 0.2) is 18.2 Å². The standard InChI is InChI=1S/C11H16ClNO2/c1-8(2)7-15-13-6-9-3-4-11(14)10(12)5-9/h3-5,8,13-14H,6-7H2,1-2H3. The monoisotopic (exact) mass is 229 g/mol. The van der Waals surface area contributed by atoms with Crippen molar-refractivity contribution in [3.05, 3.63) is 28.8 Å². The van der Waals surface area contributed by atoms with Gasteiger partial charge in [0.2, 0.25) is 0 Å². The number of benzene rings is 1. The van der Waals surface area contributed by atoms with Crippen molar-refractivity contribution in [2.24, 2.45) is 5.92 Å². The average Bonchev–Trinajstić information content (AvgIpc) is 2.18. The van der Waals surface area contributed by atoms with E-state index in [2.05, 4.69) is 19.3 Å². The highest BCUT2D eigenvalue weighted by molar-refractivity contribution is 6.32. The van der Waals surface area contributed by atoms with Crippen molar-refractivity contribution >= 4 is 11.6 Å². The topological polar surface area (TPSA) is 41.5 Å². The molecule has 4 heteroatoms. The molecule has 1 aromatic rings. The number of nitrogens with one attached hydrogen (secondary N) is 1. The van der Waals surface area contributed by atoms with Gasteiger partial charge >= 0.3 is 0 Å². The minimum atomic E-state index is 0.100. The molecule has 0 heterocycles. The second kappa shape index (κ2) is 5.95. The molecular formula is C11H16ClNO2. The van der Waals surface area contributed by atoms with E-state index in [9.17, 15) is 5.11 Å². The number of aromatic hydroxyl groups is 1. The molecule has 15 heavy (non-hydrogen) atoms. The molecule has 2 N–H and O–H groups in total. The minimum absolute atomic E-state index is 0.100. The highest BCUT2D eigenvalue weighted by atomic mass is 35.5. The Hall–Kier alpha value is -0.770. The minimum Gasteiger partial charge on any atom is -0.506 e. The van der Waals surface area contributed by atoms with Crippen molar-refractivity contribution in [1.82, 2.24) is 5.48 Å². The fraction of sp³-hybridized carbons (Fsp3) is 0.455. The van der Waals surface area contributed by atoms with Crippen molar-refractivity contribution < 1.29 is 9.94 Å². The van der Waals surface area contributed by atoms with Gasteiger partial charge in [-0.25, -0.2) is 0 Å². The molecule has 0 aliphatic carbocycles. The Kier molecular flexibility index (Phi) is 4.88. The Balaban J connectivity index is 2.35. The summed E-state index contributed by atoms with van der Waals surface area (Å²) >= 11 is 5.76. The lowest BCUT2D eigenvalue weighted by Crippen LogP contribution is -2.17. The smallest absolute Gasteiger partial charge is 0.134 e. The summed E-state index contributed by atoms with van der Waals surface area (Å²) in [5.74, 6) is 0.601. The summed E-state index contributed by atoms with van der Waals surface area (Å²) in [5.41, 5.74) is 3.81. The maximum Gasteiger partial charge on any atom is 0.134 e. The predicted octanol–water partition coefficient (Wildman–Crippen LogP) is 2.72. The lowest BCUT2D eigenvalue weighted by molar-refractivity contribution is 0.0196. The zero-order valence-electron chi connectivity index (χ0n) is 8.96. The maximum atomic E-state index is 9.20. The number of rotatable bonds is 5. The Bertz CT molecular complexity index is 315. The molecule has 0 aromatic heterocycles. The van der Waals surface area contributed by atoms with Crippen molar-refractivity contribution in [1.29, 1.82) is 0 Å². The molecule has 0 aliphatic rings. The zero-order valence-corrected chi connectivity index (χ0v) is 9.71. The third-order valence-corrected chi connectivity index (χ3v) is 2.11. The van der Waals surface area contributed by atoms with Gasteiger partial charge < -0.3 is 9.94 Å². The molecule has 0 saturated heterocycles. The lowest BCUT2D eigenvalue weighted by Gasteiger charge is -2.08. The molecule has 0 amide bonds. The van der Waals surface area contributed by atoms with Crippen LogP contribution in [-0.2, 0) is 11.4 Å². The summed E-state index contributed by atoms with van der Waals surface area (Å²) in [7, 11) is 0. The van der Waals surface area contributed by atoms with Gasteiger partial charge in [-0.05, 0) is 23.6 Å². The fourth-order valence-electron chi connectivity index (χ4n) is 1.02. The number of phenolic OH excluding ortho intramolecular Hbond substituents is 1. The molecule has 0 saturated carbocycles. The zero-order chi connectivity index (χ0) is 11.3. The molecule has 0 unspecified atom stereocenters. The van der Waals surface area contributed by atoms with Gasteiger partial charge in [0.05, 0.1) is 11.6 Å². The first-order valence-electron chi connectivity index (χ1n) is 4.91. The predicted molar refractivity (Wildman–Crippen MR) is 60.7 cm³/mol. The Morgan fingerprint density at radius 3 is 2.80 bits per heavy atom. The first-order valence-corrected chi connectivity index (χ1v) is 5.29. The van der Waals surface area contributed by atoms with Gasteiger partial charge in [-0.1, -0.05) is 31.5 Å². The maximum absolute atomic E-state index is 9.20. The van der Waals surface area contributed by atoms with Crippen LogP contribution in [0.2, 0.25) is 5.02 Å². The van der Waals surface area contributed by atoms with E-state index in [1.54, 1.807) is 18.2 Å². The molecule has 3 nitrogen and oxygen atoms in total. The summed E-state index contributed by atoms with van der Waals surface area (Å²) in [6.07, 6.45) is 0. The Morgan fingerprint density at radius 2 is 2.20 bits per heavy atom. The second-order valence-electron chi connectivity index (χ2n) is 3.81. The van der Waals surface area contributed by atoms with Gasteiger partial charge in [-0.2, -0.15) is 5.48 Å². The van der Waals surface area contributed by atoms with Crippen LogP contribution in [0.3, 0.4) is 0 Å². The van der Waals surface area contributed by atoms with Gasteiger partial charge in [0.25, 0.3) is 0 Å². The Labute approximate surface area is 95.0 Å². The van der Waals surface area contributed by atoms with Crippen LogP contribution in [0.4, 0.5) is 0 Å². The van der Waals surface area contributed by atoms with Gasteiger partial charge in [0.1, 0.15) is 5.75 Å². The van der Waals surface area contributed by atoms with Crippen LogP contribution < -0.4 is 5.48 Å². The quantitative estimate of drug-likeness (QED) is 0.603. The van der Waals surface area contributed by atoms with Crippen LogP contribution in [0.25, 0.3) is 0 Å². The number of phenols is 1. The normalized spacial score (nSPS) is 10.9. The molecule has 0 fully saturated rings. The highest BCUT2D eigenvalue weighted by Gasteiger charge is 2.00. The van der Waals surface area contributed by atoms with Gasteiger partial charge in [-0.15, -0.1) is 0 Å². The molecule has 0 aliphatic heterocycles. The SMILES string of the molecule is CC(C)CONCc1ccc(O)c(Cl)c1. The van der Waals surface area contributed by atoms with Crippen LogP contribution in [-0.4, -0.2) is 11.7 Å². The van der Waals surface area contributed by atoms with E-state index in [1.165, 1.54) is 0 Å². The number of hydroxylamine groups is 1. The molecule has 0 bridgehead atoms. The van der Waals surface area contributed by atoms with Crippen molar-refractivity contribution in [2.75, 3.05) is 6.61 Å². The highest BCUT2D eigenvalue weighted by Crippen LogP contribution is 2.23. The molecule has 1 aromatic carbocycles. The van der Waals surface area contributed by atoms with E-state index >= 15 is 0 Å². The van der Waals surface area contributed by atoms with Crippen LogP contribution in [0.5, 0.6) is 5.75 Å².